The molecule has 4 heteroatoms. The van der Waals surface area contributed by atoms with Gasteiger partial charge in [-0.3, -0.25) is 4.79 Å². The summed E-state index contributed by atoms with van der Waals surface area (Å²) < 4.78 is 0. The van der Waals surface area contributed by atoms with Gasteiger partial charge in [0.2, 0.25) is 0 Å². The van der Waals surface area contributed by atoms with Gasteiger partial charge in [0.15, 0.2) is 0 Å². The molecule has 0 spiro atoms. The van der Waals surface area contributed by atoms with Crippen molar-refractivity contribution in [2.45, 2.75) is 33.2 Å². The van der Waals surface area contributed by atoms with Crippen LogP contribution in [0.5, 0.6) is 5.75 Å². The quantitative estimate of drug-likeness (QED) is 0.622. The van der Waals surface area contributed by atoms with Crippen LogP contribution < -0.4 is 5.73 Å². The maximum absolute atomic E-state index is 12.3. The highest BCUT2D eigenvalue weighted by molar-refractivity contribution is 5.99. The predicted octanol–water partition coefficient (Wildman–Crippen LogP) is 2.23. The third kappa shape index (κ3) is 2.90. The van der Waals surface area contributed by atoms with E-state index in [9.17, 15) is 9.90 Å². The molecule has 0 aromatic heterocycles. The van der Waals surface area contributed by atoms with Crippen molar-refractivity contribution in [1.29, 1.82) is 0 Å². The van der Waals surface area contributed by atoms with E-state index in [1.807, 2.05) is 20.8 Å². The summed E-state index contributed by atoms with van der Waals surface area (Å²) in [4.78, 5) is 14.0. The molecular weight excluding hydrogens is 216 g/mol. The molecule has 1 aromatic rings. The van der Waals surface area contributed by atoms with E-state index in [4.69, 9.17) is 5.73 Å². The Morgan fingerprint density at radius 1 is 1.47 bits per heavy atom. The molecule has 1 aromatic carbocycles. The van der Waals surface area contributed by atoms with E-state index in [2.05, 4.69) is 0 Å². The molecule has 17 heavy (non-hydrogen) atoms. The van der Waals surface area contributed by atoms with E-state index in [0.29, 0.717) is 17.8 Å². The molecule has 0 radical (unpaired) electrons. The number of rotatable bonds is 4. The number of nitrogens with zero attached hydrogens (tertiary/aromatic N) is 1. The summed E-state index contributed by atoms with van der Waals surface area (Å²) in [5.41, 5.74) is 6.53. The first-order valence-electron chi connectivity index (χ1n) is 5.90. The number of aromatic hydroxyl groups is 1. The van der Waals surface area contributed by atoms with Crippen LogP contribution in [0.25, 0.3) is 0 Å². The molecular formula is C13H20N2O2. The lowest BCUT2D eigenvalue weighted by atomic mass is 10.1. The highest BCUT2D eigenvalue weighted by Gasteiger charge is 2.20. The molecule has 0 bridgehead atoms. The Morgan fingerprint density at radius 3 is 2.65 bits per heavy atom. The van der Waals surface area contributed by atoms with Crippen LogP contribution in [0, 0.1) is 0 Å². The monoisotopic (exact) mass is 236 g/mol. The number of phenolic OH excluding ortho intramolecular Hbond substituents is 1. The standard InChI is InChI=1S/C13H20N2O2/c1-4-9(3)15(5-2)13(17)11-8-10(16)6-7-12(11)14/h6-9,16H,4-5,14H2,1-3H3. The van der Waals surface area contributed by atoms with Crippen molar-refractivity contribution in [3.8, 4) is 5.75 Å². The van der Waals surface area contributed by atoms with E-state index in [0.717, 1.165) is 6.42 Å². The van der Waals surface area contributed by atoms with Crippen LogP contribution in [-0.4, -0.2) is 28.5 Å². The number of phenols is 1. The van der Waals surface area contributed by atoms with Crippen molar-refractivity contribution in [2.75, 3.05) is 12.3 Å². The van der Waals surface area contributed by atoms with Gasteiger partial charge in [-0.05, 0) is 38.5 Å². The molecule has 4 nitrogen and oxygen atoms in total. The van der Waals surface area contributed by atoms with Crippen LogP contribution in [-0.2, 0) is 0 Å². The normalized spacial score (nSPS) is 12.2. The number of carbonyl (C=O) groups excluding carboxylic acids is 1. The van der Waals surface area contributed by atoms with Crippen molar-refractivity contribution in [3.63, 3.8) is 0 Å². The Kier molecular flexibility index (Phi) is 4.37. The Morgan fingerprint density at radius 2 is 2.12 bits per heavy atom. The minimum absolute atomic E-state index is 0.0581. The summed E-state index contributed by atoms with van der Waals surface area (Å²) in [6.07, 6.45) is 0.887. The molecule has 0 saturated carbocycles. The summed E-state index contributed by atoms with van der Waals surface area (Å²) in [6.45, 7) is 6.60. The van der Waals surface area contributed by atoms with Gasteiger partial charge in [0.1, 0.15) is 5.75 Å². The fourth-order valence-corrected chi connectivity index (χ4v) is 1.76. The predicted molar refractivity (Wildman–Crippen MR) is 69.0 cm³/mol. The maximum atomic E-state index is 12.3. The lowest BCUT2D eigenvalue weighted by Crippen LogP contribution is -2.38. The SMILES string of the molecule is CCC(C)N(CC)C(=O)c1cc(O)ccc1N. The topological polar surface area (TPSA) is 66.6 Å². The Hall–Kier alpha value is -1.71. The first-order valence-corrected chi connectivity index (χ1v) is 5.90. The maximum Gasteiger partial charge on any atom is 0.256 e. The molecule has 0 heterocycles. The van der Waals surface area contributed by atoms with Crippen LogP contribution >= 0.6 is 0 Å². The third-order valence-electron chi connectivity index (χ3n) is 2.99. The molecule has 0 saturated heterocycles. The Labute approximate surface area is 102 Å². The zero-order chi connectivity index (χ0) is 13.0. The summed E-state index contributed by atoms with van der Waals surface area (Å²) in [5, 5.41) is 9.41. The van der Waals surface area contributed by atoms with Gasteiger partial charge in [-0.1, -0.05) is 6.92 Å². The minimum atomic E-state index is -0.129. The number of hydrogen-bond donors (Lipinski definition) is 2. The van der Waals surface area contributed by atoms with Crippen LogP contribution in [0.15, 0.2) is 18.2 Å². The van der Waals surface area contributed by atoms with Gasteiger partial charge in [-0.25, -0.2) is 0 Å². The van der Waals surface area contributed by atoms with Crippen LogP contribution in [0.2, 0.25) is 0 Å². The molecule has 94 valence electrons. The van der Waals surface area contributed by atoms with Crippen molar-refractivity contribution < 1.29 is 9.90 Å². The third-order valence-corrected chi connectivity index (χ3v) is 2.99. The van der Waals surface area contributed by atoms with E-state index >= 15 is 0 Å². The number of nitrogens with two attached hydrogens (primary N) is 1. The Balaban J connectivity index is 3.05. The van der Waals surface area contributed by atoms with Gasteiger partial charge in [0.05, 0.1) is 5.56 Å². The molecule has 1 atom stereocenters. The van der Waals surface area contributed by atoms with Crippen molar-refractivity contribution >= 4 is 11.6 Å². The first kappa shape index (κ1) is 13.4. The average molecular weight is 236 g/mol. The van der Waals surface area contributed by atoms with Crippen molar-refractivity contribution in [2.24, 2.45) is 0 Å². The summed E-state index contributed by atoms with van der Waals surface area (Å²) in [5.74, 6) is -0.0713. The molecule has 0 aliphatic carbocycles. The van der Waals surface area contributed by atoms with Gasteiger partial charge < -0.3 is 15.7 Å². The summed E-state index contributed by atoms with van der Waals surface area (Å²) >= 11 is 0. The lowest BCUT2D eigenvalue weighted by molar-refractivity contribution is 0.0700. The molecule has 1 rings (SSSR count). The number of anilines is 1. The largest absolute Gasteiger partial charge is 0.508 e. The second kappa shape index (κ2) is 5.57. The fourth-order valence-electron chi connectivity index (χ4n) is 1.76. The zero-order valence-corrected chi connectivity index (χ0v) is 10.6. The molecule has 0 aliphatic heterocycles. The van der Waals surface area contributed by atoms with Crippen LogP contribution in [0.3, 0.4) is 0 Å². The van der Waals surface area contributed by atoms with Gasteiger partial charge in [0.25, 0.3) is 5.91 Å². The number of amides is 1. The Bertz CT molecular complexity index is 404. The van der Waals surface area contributed by atoms with E-state index in [1.54, 1.807) is 11.0 Å². The highest BCUT2D eigenvalue weighted by atomic mass is 16.3. The average Bonchev–Trinajstić information content (AvgIpc) is 2.32. The van der Waals surface area contributed by atoms with Gasteiger partial charge >= 0.3 is 0 Å². The summed E-state index contributed by atoms with van der Waals surface area (Å²) in [7, 11) is 0. The molecule has 1 unspecified atom stereocenters. The van der Waals surface area contributed by atoms with E-state index in [-0.39, 0.29) is 17.7 Å². The van der Waals surface area contributed by atoms with Crippen molar-refractivity contribution in [1.82, 2.24) is 4.90 Å². The molecule has 3 N–H and O–H groups in total. The smallest absolute Gasteiger partial charge is 0.256 e. The fraction of sp³-hybridized carbons (Fsp3) is 0.462. The minimum Gasteiger partial charge on any atom is -0.508 e. The number of hydrogen-bond acceptors (Lipinski definition) is 3. The number of carbonyl (C=O) groups is 1. The zero-order valence-electron chi connectivity index (χ0n) is 10.6. The van der Waals surface area contributed by atoms with E-state index < -0.39 is 0 Å². The molecule has 1 amide bonds. The molecule has 0 aliphatic rings. The second-order valence-electron chi connectivity index (χ2n) is 4.12. The van der Waals surface area contributed by atoms with E-state index in [1.165, 1.54) is 12.1 Å². The van der Waals surface area contributed by atoms with Crippen LogP contribution in [0.4, 0.5) is 5.69 Å². The van der Waals surface area contributed by atoms with Gasteiger partial charge in [-0.2, -0.15) is 0 Å². The molecule has 0 fully saturated rings. The first-order chi connectivity index (χ1) is 8.01. The van der Waals surface area contributed by atoms with Gasteiger partial charge in [0, 0.05) is 18.3 Å². The van der Waals surface area contributed by atoms with Gasteiger partial charge in [-0.15, -0.1) is 0 Å². The second-order valence-corrected chi connectivity index (χ2v) is 4.12. The number of benzene rings is 1. The summed E-state index contributed by atoms with van der Waals surface area (Å²) in [6, 6.07) is 4.61. The number of nitrogen functional groups attached to an aromatic ring is 1. The highest BCUT2D eigenvalue weighted by Crippen LogP contribution is 2.21. The lowest BCUT2D eigenvalue weighted by Gasteiger charge is -2.27. The van der Waals surface area contributed by atoms with Crippen molar-refractivity contribution in [3.05, 3.63) is 23.8 Å². The van der Waals surface area contributed by atoms with Crippen LogP contribution in [0.1, 0.15) is 37.6 Å².